The fourth-order valence-corrected chi connectivity index (χ4v) is 5.23. The van der Waals surface area contributed by atoms with Gasteiger partial charge in [-0.15, -0.1) is 0 Å². The Bertz CT molecular complexity index is 1250. The van der Waals surface area contributed by atoms with E-state index in [1.165, 1.54) is 22.9 Å². The van der Waals surface area contributed by atoms with Crippen LogP contribution in [0.5, 0.6) is 11.5 Å². The molecule has 39 heavy (non-hydrogen) atoms. The minimum absolute atomic E-state index is 0.0598. The summed E-state index contributed by atoms with van der Waals surface area (Å²) in [5.41, 5.74) is 4.17. The number of likely N-dealkylation sites (tertiary alicyclic amines) is 1. The van der Waals surface area contributed by atoms with Gasteiger partial charge in [0.2, 0.25) is 11.8 Å². The van der Waals surface area contributed by atoms with Crippen molar-refractivity contribution in [2.24, 2.45) is 5.92 Å². The molecule has 1 aromatic heterocycles. The Balaban J connectivity index is 1.19. The summed E-state index contributed by atoms with van der Waals surface area (Å²) in [6.45, 7) is 4.12. The fourth-order valence-electron chi connectivity index (χ4n) is 4.62. The van der Waals surface area contributed by atoms with E-state index in [-0.39, 0.29) is 23.5 Å². The number of nitrogens with zero attached hydrogens (tertiary/aromatic N) is 3. The number of carbonyl (C=O) groups is 2. The molecule has 2 amide bonds. The Morgan fingerprint density at radius 1 is 1.03 bits per heavy atom. The molecular weight excluding hydrogens is 512 g/mol. The number of amides is 2. The molecule has 9 heteroatoms. The van der Waals surface area contributed by atoms with E-state index < -0.39 is 0 Å². The summed E-state index contributed by atoms with van der Waals surface area (Å²) in [4.78, 5) is 36.0. The summed E-state index contributed by atoms with van der Waals surface area (Å²) in [5.74, 6) is 1.94. The van der Waals surface area contributed by atoms with Crippen molar-refractivity contribution in [2.45, 2.75) is 37.8 Å². The molecule has 0 radical (unpaired) electrons. The predicted octanol–water partition coefficient (Wildman–Crippen LogP) is 4.55. The molecular formula is C30H36N4O4S. The van der Waals surface area contributed by atoms with Crippen LogP contribution in [-0.4, -0.2) is 66.3 Å². The molecule has 2 aromatic carbocycles. The average molecular weight is 549 g/mol. The Hall–Kier alpha value is -3.59. The normalized spacial score (nSPS) is 15.1. The number of thioether (sulfide) groups is 1. The third-order valence-electron chi connectivity index (χ3n) is 6.89. The Kier molecular flexibility index (Phi) is 10.2. The number of benzene rings is 2. The second-order valence-corrected chi connectivity index (χ2v) is 10.7. The number of ether oxygens (including phenoxy) is 2. The minimum atomic E-state index is -0.0598. The third-order valence-corrected chi connectivity index (χ3v) is 7.76. The SMILES string of the molecule is COc1ccc(-c2cnc(SCC(=O)NCC3CCCN(C(=O)CCc4ccc(C)cc4)C3)nc2)cc1OC. The highest BCUT2D eigenvalue weighted by molar-refractivity contribution is 7.99. The van der Waals surface area contributed by atoms with Gasteiger partial charge in [-0.25, -0.2) is 9.97 Å². The largest absolute Gasteiger partial charge is 0.493 e. The molecule has 1 unspecified atom stereocenters. The molecule has 8 nitrogen and oxygen atoms in total. The van der Waals surface area contributed by atoms with Crippen molar-refractivity contribution in [3.63, 3.8) is 0 Å². The van der Waals surface area contributed by atoms with Crippen LogP contribution in [0.15, 0.2) is 60.0 Å². The zero-order valence-corrected chi connectivity index (χ0v) is 23.6. The van der Waals surface area contributed by atoms with Gasteiger partial charge in [0.1, 0.15) is 0 Å². The molecule has 1 atom stereocenters. The van der Waals surface area contributed by atoms with E-state index in [4.69, 9.17) is 9.47 Å². The number of aromatic nitrogens is 2. The smallest absolute Gasteiger partial charge is 0.230 e. The van der Waals surface area contributed by atoms with Crippen molar-refractivity contribution in [1.82, 2.24) is 20.2 Å². The van der Waals surface area contributed by atoms with E-state index in [0.29, 0.717) is 36.2 Å². The van der Waals surface area contributed by atoms with Crippen LogP contribution >= 0.6 is 11.8 Å². The van der Waals surface area contributed by atoms with Crippen LogP contribution in [0.4, 0.5) is 0 Å². The highest BCUT2D eigenvalue weighted by Crippen LogP contribution is 2.32. The lowest BCUT2D eigenvalue weighted by molar-refractivity contribution is -0.132. The number of hydrogen-bond donors (Lipinski definition) is 1. The molecule has 1 saturated heterocycles. The number of rotatable bonds is 11. The lowest BCUT2D eigenvalue weighted by Crippen LogP contribution is -2.44. The monoisotopic (exact) mass is 548 g/mol. The molecule has 0 bridgehead atoms. The zero-order valence-electron chi connectivity index (χ0n) is 22.8. The van der Waals surface area contributed by atoms with Gasteiger partial charge in [-0.3, -0.25) is 9.59 Å². The van der Waals surface area contributed by atoms with Crippen molar-refractivity contribution in [2.75, 3.05) is 39.6 Å². The van der Waals surface area contributed by atoms with E-state index in [0.717, 1.165) is 36.9 Å². The summed E-state index contributed by atoms with van der Waals surface area (Å²) in [7, 11) is 3.20. The van der Waals surface area contributed by atoms with Crippen LogP contribution in [0, 0.1) is 12.8 Å². The van der Waals surface area contributed by atoms with Gasteiger partial charge >= 0.3 is 0 Å². The van der Waals surface area contributed by atoms with Crippen LogP contribution in [0.2, 0.25) is 0 Å². The predicted molar refractivity (Wildman–Crippen MR) is 153 cm³/mol. The summed E-state index contributed by atoms with van der Waals surface area (Å²) in [6.07, 6.45) is 6.72. The van der Waals surface area contributed by atoms with Gasteiger partial charge in [-0.05, 0) is 55.4 Å². The maximum Gasteiger partial charge on any atom is 0.230 e. The van der Waals surface area contributed by atoms with E-state index in [1.807, 2.05) is 23.1 Å². The molecule has 2 heterocycles. The highest BCUT2D eigenvalue weighted by Gasteiger charge is 2.24. The molecule has 1 N–H and O–H groups in total. The molecule has 3 aromatic rings. The standard InChI is InChI=1S/C30H36N4O4S/c1-21-6-8-22(9-7-21)10-13-29(36)34-14-4-5-23(19-34)16-31-28(35)20-39-30-32-17-25(18-33-30)24-11-12-26(37-2)27(15-24)38-3/h6-9,11-12,15,17-18,23H,4-5,10,13-14,16,19-20H2,1-3H3,(H,31,35). The first-order chi connectivity index (χ1) is 18.9. The minimum Gasteiger partial charge on any atom is -0.493 e. The van der Waals surface area contributed by atoms with Gasteiger partial charge in [-0.1, -0.05) is 47.7 Å². The van der Waals surface area contributed by atoms with Crippen LogP contribution in [0.1, 0.15) is 30.4 Å². The van der Waals surface area contributed by atoms with E-state index in [2.05, 4.69) is 46.5 Å². The fraction of sp³-hybridized carbons (Fsp3) is 0.400. The molecule has 4 rings (SSSR count). The van der Waals surface area contributed by atoms with E-state index in [9.17, 15) is 9.59 Å². The van der Waals surface area contributed by atoms with Gasteiger partial charge in [0.25, 0.3) is 0 Å². The van der Waals surface area contributed by atoms with Gasteiger partial charge in [0.15, 0.2) is 16.7 Å². The van der Waals surface area contributed by atoms with Gasteiger partial charge in [0, 0.05) is 44.0 Å². The summed E-state index contributed by atoms with van der Waals surface area (Å²) >= 11 is 1.30. The van der Waals surface area contributed by atoms with Gasteiger partial charge in [-0.2, -0.15) is 0 Å². The molecule has 0 spiro atoms. The Morgan fingerprint density at radius 2 is 1.77 bits per heavy atom. The summed E-state index contributed by atoms with van der Waals surface area (Å²) in [5, 5.41) is 3.57. The highest BCUT2D eigenvalue weighted by atomic mass is 32.2. The van der Waals surface area contributed by atoms with Crippen molar-refractivity contribution in [3.05, 3.63) is 66.0 Å². The Morgan fingerprint density at radius 3 is 2.49 bits per heavy atom. The first kappa shape index (κ1) is 28.4. The lowest BCUT2D eigenvalue weighted by Gasteiger charge is -2.33. The van der Waals surface area contributed by atoms with Crippen molar-refractivity contribution in [3.8, 4) is 22.6 Å². The first-order valence-corrected chi connectivity index (χ1v) is 14.2. The third kappa shape index (κ3) is 8.20. The number of methoxy groups -OCH3 is 2. The average Bonchev–Trinajstić information content (AvgIpc) is 2.98. The number of nitrogens with one attached hydrogen (secondary N) is 1. The maximum atomic E-state index is 12.8. The zero-order chi connectivity index (χ0) is 27.6. The molecule has 206 valence electrons. The molecule has 1 aliphatic heterocycles. The summed E-state index contributed by atoms with van der Waals surface area (Å²) in [6, 6.07) is 14.0. The number of aryl methyl sites for hydroxylation is 2. The van der Waals surface area contributed by atoms with Crippen molar-refractivity contribution >= 4 is 23.6 Å². The topological polar surface area (TPSA) is 93.7 Å². The van der Waals surface area contributed by atoms with Crippen molar-refractivity contribution < 1.29 is 19.1 Å². The van der Waals surface area contributed by atoms with Crippen molar-refractivity contribution in [1.29, 1.82) is 0 Å². The number of piperidine rings is 1. The summed E-state index contributed by atoms with van der Waals surface area (Å²) < 4.78 is 10.7. The second-order valence-electron chi connectivity index (χ2n) is 9.75. The van der Waals surface area contributed by atoms with E-state index in [1.54, 1.807) is 26.6 Å². The van der Waals surface area contributed by atoms with Crippen LogP contribution in [0.3, 0.4) is 0 Å². The Labute approximate surface area is 234 Å². The molecule has 0 saturated carbocycles. The molecule has 0 aliphatic carbocycles. The van der Waals surface area contributed by atoms with E-state index >= 15 is 0 Å². The molecule has 1 aliphatic rings. The number of carbonyl (C=O) groups excluding carboxylic acids is 2. The second kappa shape index (κ2) is 14.0. The van der Waals surface area contributed by atoms with Crippen LogP contribution < -0.4 is 14.8 Å². The number of hydrogen-bond acceptors (Lipinski definition) is 7. The van der Waals surface area contributed by atoms with Crippen LogP contribution in [-0.2, 0) is 16.0 Å². The first-order valence-electron chi connectivity index (χ1n) is 13.2. The maximum absolute atomic E-state index is 12.8. The van der Waals surface area contributed by atoms with Gasteiger partial charge < -0.3 is 19.7 Å². The quantitative estimate of drug-likeness (QED) is 0.278. The van der Waals surface area contributed by atoms with Gasteiger partial charge in [0.05, 0.1) is 20.0 Å². The molecule has 1 fully saturated rings. The van der Waals surface area contributed by atoms with Crippen LogP contribution in [0.25, 0.3) is 11.1 Å². The lowest BCUT2D eigenvalue weighted by atomic mass is 9.97.